The fraction of sp³-hybridized carbons (Fsp3) is 0.455. The molecule has 1 aliphatic rings. The van der Waals surface area contributed by atoms with Gasteiger partial charge in [-0.2, -0.15) is 0 Å². The van der Waals surface area contributed by atoms with Crippen LogP contribution in [0.25, 0.3) is 0 Å². The summed E-state index contributed by atoms with van der Waals surface area (Å²) in [6.45, 7) is 0.0965. The molecule has 1 aromatic carbocycles. The molecule has 0 saturated heterocycles. The summed E-state index contributed by atoms with van der Waals surface area (Å²) in [6.07, 6.45) is -2.84. The maximum absolute atomic E-state index is 12.3. The second kappa shape index (κ2) is 6.06. The summed E-state index contributed by atoms with van der Waals surface area (Å²) in [4.78, 5) is 0. The molecule has 0 spiro atoms. The molecule has 0 fully saturated rings. The van der Waals surface area contributed by atoms with E-state index in [1.807, 2.05) is 0 Å². The van der Waals surface area contributed by atoms with E-state index >= 15 is 0 Å². The van der Waals surface area contributed by atoms with Crippen LogP contribution < -0.4 is 19.9 Å². The van der Waals surface area contributed by atoms with E-state index in [0.29, 0.717) is 22.8 Å². The number of fused-ring (bicyclic) bond motifs is 1. The van der Waals surface area contributed by atoms with Crippen LogP contribution in [-0.4, -0.2) is 20.3 Å². The Morgan fingerprint density at radius 2 is 2.11 bits per heavy atom. The fourth-order valence-corrected chi connectivity index (χ4v) is 1.69. The summed E-state index contributed by atoms with van der Waals surface area (Å²) in [6, 6.07) is 2.46. The van der Waals surface area contributed by atoms with Gasteiger partial charge < -0.3 is 19.9 Å². The van der Waals surface area contributed by atoms with Crippen molar-refractivity contribution in [1.29, 1.82) is 0 Å². The van der Waals surface area contributed by atoms with Gasteiger partial charge in [0.25, 0.3) is 0 Å². The first-order valence-electron chi connectivity index (χ1n) is 5.13. The Morgan fingerprint density at radius 3 is 2.72 bits per heavy atom. The van der Waals surface area contributed by atoms with Crippen LogP contribution in [0.3, 0.4) is 0 Å². The summed E-state index contributed by atoms with van der Waals surface area (Å²) >= 11 is 0. The largest absolute Gasteiger partial charge is 0.493 e. The van der Waals surface area contributed by atoms with Crippen LogP contribution in [0.1, 0.15) is 18.0 Å². The van der Waals surface area contributed by atoms with Gasteiger partial charge in [0, 0.05) is 12.5 Å². The molecule has 0 aliphatic carbocycles. The van der Waals surface area contributed by atoms with Crippen LogP contribution in [0.15, 0.2) is 12.1 Å². The molecule has 7 heteroatoms. The van der Waals surface area contributed by atoms with Gasteiger partial charge in [0.15, 0.2) is 11.5 Å². The minimum absolute atomic E-state index is 0. The number of halogens is 3. The van der Waals surface area contributed by atoms with Gasteiger partial charge in [-0.1, -0.05) is 0 Å². The first kappa shape index (κ1) is 14.8. The molecular formula is C11H14ClF2NO3. The number of alkyl halides is 2. The highest BCUT2D eigenvalue weighted by Gasteiger charge is 2.23. The van der Waals surface area contributed by atoms with Crippen molar-refractivity contribution < 1.29 is 23.0 Å². The predicted molar refractivity (Wildman–Crippen MR) is 63.9 cm³/mol. The van der Waals surface area contributed by atoms with Crippen molar-refractivity contribution in [1.82, 2.24) is 0 Å². The number of ether oxygens (including phenoxy) is 3. The van der Waals surface area contributed by atoms with Crippen LogP contribution in [-0.2, 0) is 0 Å². The topological polar surface area (TPSA) is 53.7 Å². The standard InChI is InChI=1S/C11H13F2NO3.ClH/c1-15-8-2-6(7(14)4-10(12)13)3-9-11(8)17-5-16-9;/h2-3,7,10H,4-5,14H2,1H3;1H/t7-;/m1./s1. The molecule has 0 saturated carbocycles. The summed E-state index contributed by atoms with van der Waals surface area (Å²) < 4.78 is 40.0. The van der Waals surface area contributed by atoms with Gasteiger partial charge in [0.1, 0.15) is 0 Å². The third kappa shape index (κ3) is 2.94. The van der Waals surface area contributed by atoms with E-state index in [0.717, 1.165) is 0 Å². The molecule has 0 aromatic heterocycles. The number of rotatable bonds is 4. The minimum Gasteiger partial charge on any atom is -0.493 e. The maximum atomic E-state index is 12.3. The molecule has 1 atom stereocenters. The zero-order valence-corrected chi connectivity index (χ0v) is 10.5. The Balaban J connectivity index is 0.00000162. The third-order valence-electron chi connectivity index (χ3n) is 2.54. The van der Waals surface area contributed by atoms with Crippen molar-refractivity contribution >= 4 is 12.4 Å². The van der Waals surface area contributed by atoms with Gasteiger partial charge >= 0.3 is 0 Å². The minimum atomic E-state index is -2.44. The van der Waals surface area contributed by atoms with E-state index in [-0.39, 0.29) is 19.2 Å². The lowest BCUT2D eigenvalue weighted by Crippen LogP contribution is -2.14. The van der Waals surface area contributed by atoms with E-state index in [1.54, 1.807) is 12.1 Å². The Bertz CT molecular complexity index is 418. The number of hydrogen-bond acceptors (Lipinski definition) is 4. The molecule has 0 amide bonds. The summed E-state index contributed by atoms with van der Waals surface area (Å²) in [5.74, 6) is 1.41. The van der Waals surface area contributed by atoms with Crippen LogP contribution in [0.5, 0.6) is 17.2 Å². The highest BCUT2D eigenvalue weighted by molar-refractivity contribution is 5.85. The highest BCUT2D eigenvalue weighted by atomic mass is 35.5. The monoisotopic (exact) mass is 281 g/mol. The van der Waals surface area contributed by atoms with Gasteiger partial charge in [0.05, 0.1) is 7.11 Å². The van der Waals surface area contributed by atoms with Gasteiger partial charge in [-0.25, -0.2) is 8.78 Å². The van der Waals surface area contributed by atoms with Crippen LogP contribution in [0, 0.1) is 0 Å². The van der Waals surface area contributed by atoms with E-state index < -0.39 is 18.9 Å². The Hall–Kier alpha value is -1.27. The van der Waals surface area contributed by atoms with Crippen LogP contribution >= 0.6 is 12.4 Å². The predicted octanol–water partition coefficient (Wildman–Crippen LogP) is 2.50. The lowest BCUT2D eigenvalue weighted by atomic mass is 10.0. The molecule has 1 aliphatic heterocycles. The first-order chi connectivity index (χ1) is 8.11. The second-order valence-corrected chi connectivity index (χ2v) is 3.69. The van der Waals surface area contributed by atoms with Gasteiger partial charge in [-0.15, -0.1) is 12.4 Å². The molecule has 18 heavy (non-hydrogen) atoms. The Kier molecular flexibility index (Phi) is 4.98. The smallest absolute Gasteiger partial charge is 0.240 e. The number of hydrogen-bond donors (Lipinski definition) is 1. The average Bonchev–Trinajstić information content (AvgIpc) is 2.74. The highest BCUT2D eigenvalue weighted by Crippen LogP contribution is 2.43. The van der Waals surface area contributed by atoms with Crippen molar-refractivity contribution in [3.8, 4) is 17.2 Å². The van der Waals surface area contributed by atoms with Crippen molar-refractivity contribution in [2.24, 2.45) is 5.73 Å². The molecule has 102 valence electrons. The van der Waals surface area contributed by atoms with Gasteiger partial charge in [-0.3, -0.25) is 0 Å². The molecule has 0 unspecified atom stereocenters. The Morgan fingerprint density at radius 1 is 1.39 bits per heavy atom. The zero-order valence-electron chi connectivity index (χ0n) is 9.69. The van der Waals surface area contributed by atoms with Crippen molar-refractivity contribution in [3.63, 3.8) is 0 Å². The second-order valence-electron chi connectivity index (χ2n) is 3.69. The molecule has 0 radical (unpaired) electrons. The van der Waals surface area contributed by atoms with Crippen molar-refractivity contribution in [2.75, 3.05) is 13.9 Å². The van der Waals surface area contributed by atoms with Gasteiger partial charge in [-0.05, 0) is 17.7 Å². The van der Waals surface area contributed by atoms with E-state index in [1.165, 1.54) is 7.11 Å². The molecule has 2 N–H and O–H groups in total. The SMILES string of the molecule is COc1cc([C@H](N)CC(F)F)cc2c1OCO2.Cl. The normalized spacial score (nSPS) is 14.3. The third-order valence-corrected chi connectivity index (χ3v) is 2.54. The number of benzene rings is 1. The average molecular weight is 282 g/mol. The number of methoxy groups -OCH3 is 1. The summed E-state index contributed by atoms with van der Waals surface area (Å²) in [5, 5.41) is 0. The van der Waals surface area contributed by atoms with Crippen molar-refractivity contribution in [2.45, 2.75) is 18.9 Å². The molecule has 1 heterocycles. The molecule has 0 bridgehead atoms. The lowest BCUT2D eigenvalue weighted by Gasteiger charge is -2.14. The van der Waals surface area contributed by atoms with Gasteiger partial charge in [0.2, 0.25) is 19.0 Å². The zero-order chi connectivity index (χ0) is 12.4. The maximum Gasteiger partial charge on any atom is 0.240 e. The van der Waals surface area contributed by atoms with Crippen LogP contribution in [0.4, 0.5) is 8.78 Å². The number of nitrogens with two attached hydrogens (primary N) is 1. The lowest BCUT2D eigenvalue weighted by molar-refractivity contribution is 0.128. The summed E-state index contributed by atoms with van der Waals surface area (Å²) in [7, 11) is 1.47. The van der Waals surface area contributed by atoms with E-state index in [4.69, 9.17) is 19.9 Å². The summed E-state index contributed by atoms with van der Waals surface area (Å²) in [5.41, 5.74) is 6.23. The molecule has 4 nitrogen and oxygen atoms in total. The first-order valence-corrected chi connectivity index (χ1v) is 5.13. The quantitative estimate of drug-likeness (QED) is 0.921. The van der Waals surface area contributed by atoms with E-state index in [9.17, 15) is 8.78 Å². The Labute approximate surface area is 109 Å². The fourth-order valence-electron chi connectivity index (χ4n) is 1.69. The van der Waals surface area contributed by atoms with Crippen molar-refractivity contribution in [3.05, 3.63) is 17.7 Å². The van der Waals surface area contributed by atoms with E-state index in [2.05, 4.69) is 0 Å². The molecule has 2 rings (SSSR count). The molecular weight excluding hydrogens is 268 g/mol. The van der Waals surface area contributed by atoms with Crippen LogP contribution in [0.2, 0.25) is 0 Å². The molecule has 1 aromatic rings.